The maximum absolute atomic E-state index is 12.1. The van der Waals surface area contributed by atoms with Gasteiger partial charge in [-0.05, 0) is 51.3 Å². The lowest BCUT2D eigenvalue weighted by Crippen LogP contribution is -2.48. The van der Waals surface area contributed by atoms with Gasteiger partial charge in [-0.25, -0.2) is 4.79 Å². The summed E-state index contributed by atoms with van der Waals surface area (Å²) in [6.45, 7) is 10.5. The van der Waals surface area contributed by atoms with Crippen LogP contribution >= 0.6 is 0 Å². The van der Waals surface area contributed by atoms with E-state index in [1.165, 1.54) is 0 Å². The van der Waals surface area contributed by atoms with Crippen LogP contribution in [-0.4, -0.2) is 48.7 Å². The molecule has 1 N–H and O–H groups in total. The maximum Gasteiger partial charge on any atom is 0.408 e. The molecule has 0 aromatic heterocycles. The van der Waals surface area contributed by atoms with Crippen molar-refractivity contribution in [3.63, 3.8) is 0 Å². The van der Waals surface area contributed by atoms with Crippen LogP contribution in [0.1, 0.15) is 46.1 Å². The highest BCUT2D eigenvalue weighted by molar-refractivity contribution is 5.73. The minimum atomic E-state index is -0.494. The number of anilines is 1. The summed E-state index contributed by atoms with van der Waals surface area (Å²) in [4.78, 5) is 27.7. The fourth-order valence-electron chi connectivity index (χ4n) is 3.38. The van der Waals surface area contributed by atoms with Crippen molar-refractivity contribution >= 4 is 17.7 Å². The number of carbonyl (C=O) groups is 2. The standard InChI is InChI=1S/C20H29N3O3/c1-15(24)22-11-13-23(14-12-22)17-7-5-16(6-8-17)20(9-10-20)21-18(25)26-19(2,3)4/h5-8H,9-14H2,1-4H3,(H,21,25). The molecule has 0 spiro atoms. The SMILES string of the molecule is CC(=O)N1CCN(c2ccc(C3(NC(=O)OC(C)(C)C)CC3)cc2)CC1. The van der Waals surface area contributed by atoms with Gasteiger partial charge in [-0.3, -0.25) is 4.79 Å². The summed E-state index contributed by atoms with van der Waals surface area (Å²) in [5.41, 5.74) is 1.50. The van der Waals surface area contributed by atoms with Crippen molar-refractivity contribution < 1.29 is 14.3 Å². The molecule has 26 heavy (non-hydrogen) atoms. The molecule has 1 aromatic rings. The van der Waals surface area contributed by atoms with Crippen LogP contribution < -0.4 is 10.2 Å². The van der Waals surface area contributed by atoms with Crippen LogP contribution in [0, 0.1) is 0 Å². The number of alkyl carbamates (subject to hydrolysis) is 1. The van der Waals surface area contributed by atoms with Gasteiger partial charge in [0.05, 0.1) is 5.54 Å². The molecule has 2 aliphatic rings. The van der Waals surface area contributed by atoms with Crippen LogP contribution in [0.25, 0.3) is 0 Å². The van der Waals surface area contributed by atoms with Gasteiger partial charge in [-0.1, -0.05) is 12.1 Å². The lowest BCUT2D eigenvalue weighted by Gasteiger charge is -2.35. The van der Waals surface area contributed by atoms with E-state index < -0.39 is 5.60 Å². The first-order valence-electron chi connectivity index (χ1n) is 9.31. The van der Waals surface area contributed by atoms with Crippen LogP contribution in [0.5, 0.6) is 0 Å². The molecule has 0 unspecified atom stereocenters. The van der Waals surface area contributed by atoms with Crippen molar-refractivity contribution in [2.75, 3.05) is 31.1 Å². The van der Waals surface area contributed by atoms with Crippen LogP contribution in [0.3, 0.4) is 0 Å². The van der Waals surface area contributed by atoms with E-state index >= 15 is 0 Å². The zero-order valence-electron chi connectivity index (χ0n) is 16.2. The molecular weight excluding hydrogens is 330 g/mol. The lowest BCUT2D eigenvalue weighted by molar-refractivity contribution is -0.129. The number of benzene rings is 1. The molecule has 1 aliphatic carbocycles. The third-order valence-electron chi connectivity index (χ3n) is 5.00. The second-order valence-electron chi connectivity index (χ2n) is 8.25. The number of hydrogen-bond acceptors (Lipinski definition) is 4. The summed E-state index contributed by atoms with van der Waals surface area (Å²) in [5.74, 6) is 0.142. The first kappa shape index (κ1) is 18.5. The Bertz CT molecular complexity index is 667. The van der Waals surface area contributed by atoms with E-state index in [1.807, 2.05) is 25.7 Å². The third kappa shape index (κ3) is 4.29. The summed E-state index contributed by atoms with van der Waals surface area (Å²) in [6, 6.07) is 8.40. The molecule has 142 valence electrons. The van der Waals surface area contributed by atoms with Crippen molar-refractivity contribution in [1.82, 2.24) is 10.2 Å². The van der Waals surface area contributed by atoms with E-state index in [9.17, 15) is 9.59 Å². The van der Waals surface area contributed by atoms with E-state index in [0.717, 1.165) is 50.3 Å². The average molecular weight is 359 g/mol. The Morgan fingerprint density at radius 3 is 2.08 bits per heavy atom. The number of rotatable bonds is 3. The van der Waals surface area contributed by atoms with Crippen LogP contribution in [0.15, 0.2) is 24.3 Å². The molecule has 6 nitrogen and oxygen atoms in total. The molecule has 6 heteroatoms. The van der Waals surface area contributed by atoms with Gasteiger partial charge in [0.25, 0.3) is 0 Å². The second-order valence-corrected chi connectivity index (χ2v) is 8.25. The fraction of sp³-hybridized carbons (Fsp3) is 0.600. The second kappa shape index (κ2) is 6.82. The molecule has 2 amide bonds. The van der Waals surface area contributed by atoms with E-state index in [2.05, 4.69) is 34.5 Å². The molecular formula is C20H29N3O3. The van der Waals surface area contributed by atoms with Crippen molar-refractivity contribution in [2.24, 2.45) is 0 Å². The van der Waals surface area contributed by atoms with Gasteiger partial charge in [-0.2, -0.15) is 0 Å². The van der Waals surface area contributed by atoms with Crippen LogP contribution in [0.2, 0.25) is 0 Å². The molecule has 1 saturated heterocycles. The molecule has 1 aliphatic heterocycles. The number of nitrogens with zero attached hydrogens (tertiary/aromatic N) is 2. The Morgan fingerprint density at radius 2 is 1.62 bits per heavy atom. The Morgan fingerprint density at radius 1 is 1.04 bits per heavy atom. The molecule has 0 atom stereocenters. The van der Waals surface area contributed by atoms with Gasteiger partial charge in [-0.15, -0.1) is 0 Å². The van der Waals surface area contributed by atoms with E-state index in [4.69, 9.17) is 4.74 Å². The Balaban J connectivity index is 1.61. The van der Waals surface area contributed by atoms with Gasteiger partial charge in [0.15, 0.2) is 0 Å². The topological polar surface area (TPSA) is 61.9 Å². The Hall–Kier alpha value is -2.24. The van der Waals surface area contributed by atoms with Gasteiger partial charge < -0.3 is 19.9 Å². The monoisotopic (exact) mass is 359 g/mol. The first-order chi connectivity index (χ1) is 12.2. The predicted octanol–water partition coefficient (Wildman–Crippen LogP) is 2.87. The predicted molar refractivity (Wildman–Crippen MR) is 101 cm³/mol. The minimum absolute atomic E-state index is 0.142. The largest absolute Gasteiger partial charge is 0.444 e. The number of hydrogen-bond donors (Lipinski definition) is 1. The van der Waals surface area contributed by atoms with Crippen LogP contribution in [0.4, 0.5) is 10.5 Å². The number of piperazine rings is 1. The normalized spacial score (nSPS) is 19.1. The van der Waals surface area contributed by atoms with Crippen molar-refractivity contribution in [3.8, 4) is 0 Å². The minimum Gasteiger partial charge on any atom is -0.444 e. The molecule has 3 rings (SSSR count). The van der Waals surface area contributed by atoms with Crippen molar-refractivity contribution in [3.05, 3.63) is 29.8 Å². The Labute approximate surface area is 155 Å². The van der Waals surface area contributed by atoms with E-state index in [1.54, 1.807) is 6.92 Å². The van der Waals surface area contributed by atoms with Gasteiger partial charge >= 0.3 is 6.09 Å². The number of carbonyl (C=O) groups excluding carboxylic acids is 2. The summed E-state index contributed by atoms with van der Waals surface area (Å²) in [7, 11) is 0. The number of nitrogens with one attached hydrogen (secondary N) is 1. The zero-order valence-corrected chi connectivity index (χ0v) is 16.2. The van der Waals surface area contributed by atoms with Crippen molar-refractivity contribution in [1.29, 1.82) is 0 Å². The highest BCUT2D eigenvalue weighted by Crippen LogP contribution is 2.46. The number of ether oxygens (including phenoxy) is 1. The molecule has 1 aromatic carbocycles. The quantitative estimate of drug-likeness (QED) is 0.901. The third-order valence-corrected chi connectivity index (χ3v) is 5.00. The molecule has 0 radical (unpaired) electrons. The van der Waals surface area contributed by atoms with Crippen LogP contribution in [-0.2, 0) is 15.1 Å². The van der Waals surface area contributed by atoms with Gasteiger partial charge in [0, 0.05) is 38.8 Å². The number of amides is 2. The maximum atomic E-state index is 12.1. The van der Waals surface area contributed by atoms with Crippen molar-refractivity contribution in [2.45, 2.75) is 51.7 Å². The van der Waals surface area contributed by atoms with Gasteiger partial charge in [0.1, 0.15) is 5.60 Å². The fourth-order valence-corrected chi connectivity index (χ4v) is 3.38. The smallest absolute Gasteiger partial charge is 0.408 e. The summed E-state index contributed by atoms with van der Waals surface area (Å²) >= 11 is 0. The molecule has 0 bridgehead atoms. The summed E-state index contributed by atoms with van der Waals surface area (Å²) < 4.78 is 5.39. The zero-order chi connectivity index (χ0) is 18.9. The highest BCUT2D eigenvalue weighted by Gasteiger charge is 2.46. The average Bonchev–Trinajstić information content (AvgIpc) is 3.34. The summed E-state index contributed by atoms with van der Waals surface area (Å²) in [6.07, 6.45) is 1.51. The summed E-state index contributed by atoms with van der Waals surface area (Å²) in [5, 5.41) is 3.04. The lowest BCUT2D eigenvalue weighted by atomic mass is 10.0. The van der Waals surface area contributed by atoms with E-state index in [0.29, 0.717) is 0 Å². The molecule has 2 fully saturated rings. The molecule has 1 saturated carbocycles. The van der Waals surface area contributed by atoms with Gasteiger partial charge in [0.2, 0.25) is 5.91 Å². The highest BCUT2D eigenvalue weighted by atomic mass is 16.6. The Kier molecular flexibility index (Phi) is 4.86. The molecule has 1 heterocycles. The first-order valence-corrected chi connectivity index (χ1v) is 9.31. The van der Waals surface area contributed by atoms with E-state index in [-0.39, 0.29) is 17.5 Å².